The van der Waals surface area contributed by atoms with E-state index in [1.54, 1.807) is 42.7 Å². The molecule has 0 fully saturated rings. The molecule has 6 nitrogen and oxygen atoms in total. The van der Waals surface area contributed by atoms with Crippen LogP contribution in [0.25, 0.3) is 0 Å². The lowest BCUT2D eigenvalue weighted by Crippen LogP contribution is -2.37. The van der Waals surface area contributed by atoms with Crippen LogP contribution in [0.2, 0.25) is 0 Å². The van der Waals surface area contributed by atoms with Gasteiger partial charge in [-0.05, 0) is 51.8 Å². The molecule has 0 radical (unpaired) electrons. The van der Waals surface area contributed by atoms with Crippen molar-refractivity contribution >= 4 is 33.6 Å². The number of carbonyl (C=O) groups is 2. The highest BCUT2D eigenvalue weighted by Crippen LogP contribution is 2.32. The summed E-state index contributed by atoms with van der Waals surface area (Å²) in [6, 6.07) is 11.4. The van der Waals surface area contributed by atoms with Crippen LogP contribution in [0.5, 0.6) is 0 Å². The van der Waals surface area contributed by atoms with Crippen molar-refractivity contribution in [3.8, 4) is 0 Å². The summed E-state index contributed by atoms with van der Waals surface area (Å²) in [6.45, 7) is 0.151. The number of hydrogen-bond acceptors (Lipinski definition) is 4. The van der Waals surface area contributed by atoms with E-state index in [4.69, 9.17) is 0 Å². The van der Waals surface area contributed by atoms with Gasteiger partial charge in [-0.25, -0.2) is 9.37 Å². The minimum atomic E-state index is -1.03. The van der Waals surface area contributed by atoms with Crippen molar-refractivity contribution in [2.75, 3.05) is 5.32 Å². The summed E-state index contributed by atoms with van der Waals surface area (Å²) in [5, 5.41) is 2.70. The molecule has 1 atom stereocenters. The van der Waals surface area contributed by atoms with E-state index in [0.29, 0.717) is 27.1 Å². The van der Waals surface area contributed by atoms with Gasteiger partial charge in [0.15, 0.2) is 0 Å². The SMILES string of the molecule is O=C(Nc1ccccn1)C(c1cccc(F)c1)N1Cc2ncc(Br)cc2C1=O. The van der Waals surface area contributed by atoms with Crippen molar-refractivity contribution in [3.63, 3.8) is 0 Å². The number of pyridine rings is 2. The van der Waals surface area contributed by atoms with Crippen LogP contribution in [0.15, 0.2) is 65.4 Å². The Labute approximate surface area is 168 Å². The van der Waals surface area contributed by atoms with Crippen LogP contribution >= 0.6 is 15.9 Å². The van der Waals surface area contributed by atoms with Crippen LogP contribution in [0.4, 0.5) is 10.2 Å². The van der Waals surface area contributed by atoms with E-state index < -0.39 is 17.8 Å². The van der Waals surface area contributed by atoms with Gasteiger partial charge in [0, 0.05) is 16.9 Å². The Morgan fingerprint density at radius 2 is 2.04 bits per heavy atom. The average Bonchev–Trinajstić information content (AvgIpc) is 2.99. The molecule has 140 valence electrons. The maximum absolute atomic E-state index is 13.9. The van der Waals surface area contributed by atoms with E-state index in [1.165, 1.54) is 23.1 Å². The lowest BCUT2D eigenvalue weighted by Gasteiger charge is -2.27. The number of amides is 2. The van der Waals surface area contributed by atoms with Crippen LogP contribution in [0, 0.1) is 5.82 Å². The minimum absolute atomic E-state index is 0.151. The van der Waals surface area contributed by atoms with E-state index in [1.807, 2.05) is 0 Å². The molecule has 4 rings (SSSR count). The van der Waals surface area contributed by atoms with Crippen molar-refractivity contribution in [1.82, 2.24) is 14.9 Å². The molecule has 0 spiro atoms. The quantitative estimate of drug-likeness (QED) is 0.670. The van der Waals surface area contributed by atoms with Crippen molar-refractivity contribution in [2.24, 2.45) is 0 Å². The molecule has 0 bridgehead atoms. The van der Waals surface area contributed by atoms with E-state index in [0.717, 1.165) is 0 Å². The molecule has 1 unspecified atom stereocenters. The van der Waals surface area contributed by atoms with Crippen molar-refractivity contribution < 1.29 is 14.0 Å². The second-order valence-electron chi connectivity index (χ2n) is 6.24. The third kappa shape index (κ3) is 3.50. The Kier molecular flexibility index (Phi) is 4.87. The Balaban J connectivity index is 1.72. The predicted octanol–water partition coefficient (Wildman–Crippen LogP) is 3.71. The van der Waals surface area contributed by atoms with Gasteiger partial charge in [-0.2, -0.15) is 0 Å². The molecule has 1 aliphatic heterocycles. The fourth-order valence-electron chi connectivity index (χ4n) is 3.16. The van der Waals surface area contributed by atoms with Gasteiger partial charge >= 0.3 is 0 Å². The monoisotopic (exact) mass is 440 g/mol. The highest BCUT2D eigenvalue weighted by Gasteiger charge is 2.38. The number of anilines is 1. The lowest BCUT2D eigenvalue weighted by molar-refractivity contribution is -0.120. The van der Waals surface area contributed by atoms with Crippen LogP contribution in [0.3, 0.4) is 0 Å². The van der Waals surface area contributed by atoms with Gasteiger partial charge in [-0.1, -0.05) is 18.2 Å². The summed E-state index contributed by atoms with van der Waals surface area (Å²) < 4.78 is 14.5. The maximum Gasteiger partial charge on any atom is 0.257 e. The van der Waals surface area contributed by atoms with Gasteiger partial charge in [-0.15, -0.1) is 0 Å². The van der Waals surface area contributed by atoms with Crippen LogP contribution < -0.4 is 5.32 Å². The number of rotatable bonds is 4. The van der Waals surface area contributed by atoms with Gasteiger partial charge < -0.3 is 10.2 Å². The molecule has 2 aromatic heterocycles. The fraction of sp³-hybridized carbons (Fsp3) is 0.100. The summed E-state index contributed by atoms with van der Waals surface area (Å²) in [5.41, 5.74) is 1.36. The fourth-order valence-corrected chi connectivity index (χ4v) is 3.49. The van der Waals surface area contributed by atoms with Crippen molar-refractivity contribution in [2.45, 2.75) is 12.6 Å². The average molecular weight is 441 g/mol. The summed E-state index contributed by atoms with van der Waals surface area (Å²) in [7, 11) is 0. The zero-order valence-corrected chi connectivity index (χ0v) is 16.1. The molecule has 1 aromatic carbocycles. The number of hydrogen-bond donors (Lipinski definition) is 1. The van der Waals surface area contributed by atoms with Gasteiger partial charge in [0.1, 0.15) is 17.7 Å². The Bertz CT molecular complexity index is 1060. The largest absolute Gasteiger partial charge is 0.316 e. The minimum Gasteiger partial charge on any atom is -0.316 e. The smallest absolute Gasteiger partial charge is 0.257 e. The maximum atomic E-state index is 13.9. The number of carbonyl (C=O) groups excluding carboxylic acids is 2. The second-order valence-corrected chi connectivity index (χ2v) is 7.16. The van der Waals surface area contributed by atoms with E-state index in [-0.39, 0.29) is 12.5 Å². The number of aromatic nitrogens is 2. The Hall–Kier alpha value is -3.13. The van der Waals surface area contributed by atoms with Crippen molar-refractivity contribution in [3.05, 3.63) is 88.0 Å². The molecular weight excluding hydrogens is 427 g/mol. The van der Waals surface area contributed by atoms with E-state index >= 15 is 0 Å². The number of nitrogens with zero attached hydrogens (tertiary/aromatic N) is 3. The normalized spacial score (nSPS) is 13.9. The number of benzene rings is 1. The topological polar surface area (TPSA) is 75.2 Å². The third-order valence-corrected chi connectivity index (χ3v) is 4.82. The number of halogens is 2. The molecule has 0 aliphatic carbocycles. The Morgan fingerprint density at radius 3 is 2.79 bits per heavy atom. The van der Waals surface area contributed by atoms with Gasteiger partial charge in [-0.3, -0.25) is 14.6 Å². The third-order valence-electron chi connectivity index (χ3n) is 4.39. The number of nitrogens with one attached hydrogen (secondary N) is 1. The molecule has 2 amide bonds. The summed E-state index contributed by atoms with van der Waals surface area (Å²) in [5.74, 6) is -0.962. The standard InChI is InChI=1S/C20H14BrFN4O2/c21-13-9-15-16(24-10-13)11-26(20(15)28)18(12-4-3-5-14(22)8-12)19(27)25-17-6-1-2-7-23-17/h1-10,18H,11H2,(H,23,25,27). The number of fused-ring (bicyclic) bond motifs is 1. The summed E-state index contributed by atoms with van der Waals surface area (Å²) >= 11 is 3.31. The summed E-state index contributed by atoms with van der Waals surface area (Å²) in [4.78, 5) is 35.8. The zero-order chi connectivity index (χ0) is 19.7. The highest BCUT2D eigenvalue weighted by molar-refractivity contribution is 9.10. The van der Waals surface area contributed by atoms with Crippen LogP contribution in [-0.2, 0) is 11.3 Å². The van der Waals surface area contributed by atoms with Gasteiger partial charge in [0.2, 0.25) is 0 Å². The molecule has 8 heteroatoms. The molecule has 0 saturated heterocycles. The molecule has 0 saturated carbocycles. The molecule has 1 N–H and O–H groups in total. The van der Waals surface area contributed by atoms with Crippen LogP contribution in [-0.4, -0.2) is 26.7 Å². The van der Waals surface area contributed by atoms with Crippen molar-refractivity contribution in [1.29, 1.82) is 0 Å². The zero-order valence-electron chi connectivity index (χ0n) is 14.5. The molecular formula is C20H14BrFN4O2. The van der Waals surface area contributed by atoms with E-state index in [9.17, 15) is 14.0 Å². The van der Waals surface area contributed by atoms with E-state index in [2.05, 4.69) is 31.2 Å². The second kappa shape index (κ2) is 7.47. The first-order valence-corrected chi connectivity index (χ1v) is 9.25. The molecule has 1 aliphatic rings. The highest BCUT2D eigenvalue weighted by atomic mass is 79.9. The predicted molar refractivity (Wildman–Crippen MR) is 104 cm³/mol. The molecule has 28 heavy (non-hydrogen) atoms. The van der Waals surface area contributed by atoms with Gasteiger partial charge in [0.05, 0.1) is 17.8 Å². The molecule has 3 heterocycles. The van der Waals surface area contributed by atoms with Crippen LogP contribution in [0.1, 0.15) is 27.7 Å². The lowest BCUT2D eigenvalue weighted by atomic mass is 10.0. The first-order valence-electron chi connectivity index (χ1n) is 8.45. The van der Waals surface area contributed by atoms with Gasteiger partial charge in [0.25, 0.3) is 11.8 Å². The first kappa shape index (κ1) is 18.2. The molecule has 3 aromatic rings. The first-order chi connectivity index (χ1) is 13.5. The summed E-state index contributed by atoms with van der Waals surface area (Å²) in [6.07, 6.45) is 3.14. The Morgan fingerprint density at radius 1 is 1.18 bits per heavy atom.